The second-order valence-corrected chi connectivity index (χ2v) is 6.33. The Morgan fingerprint density at radius 3 is 2.47 bits per heavy atom. The number of hydrogen-bond acceptors (Lipinski definition) is 3. The van der Waals surface area contributed by atoms with Crippen LogP contribution in [0.15, 0.2) is 12.7 Å². The Morgan fingerprint density at radius 2 is 2.05 bits per heavy atom. The van der Waals surface area contributed by atoms with Gasteiger partial charge in [-0.15, -0.1) is 6.58 Å². The lowest BCUT2D eigenvalue weighted by Crippen LogP contribution is -2.50. The van der Waals surface area contributed by atoms with E-state index in [9.17, 15) is 9.59 Å². The predicted molar refractivity (Wildman–Crippen MR) is 74.5 cm³/mol. The average Bonchev–Trinajstić information content (AvgIpc) is 2.66. The first-order valence-electron chi connectivity index (χ1n) is 6.75. The van der Waals surface area contributed by atoms with E-state index < -0.39 is 5.92 Å². The van der Waals surface area contributed by atoms with Crippen molar-refractivity contribution >= 4 is 11.7 Å². The van der Waals surface area contributed by atoms with Gasteiger partial charge in [0.2, 0.25) is 5.91 Å². The largest absolute Gasteiger partial charge is 0.356 e. The number of nitrogens with zero attached hydrogens (tertiary/aromatic N) is 1. The molecular formula is C15H25NO3. The summed E-state index contributed by atoms with van der Waals surface area (Å²) < 4.78 is 5.74. The second kappa shape index (κ2) is 5.87. The van der Waals surface area contributed by atoms with Crippen molar-refractivity contribution in [1.82, 2.24) is 4.90 Å². The molecule has 1 aliphatic rings. The van der Waals surface area contributed by atoms with Gasteiger partial charge in [0.15, 0.2) is 0 Å². The van der Waals surface area contributed by atoms with Crippen molar-refractivity contribution in [3.05, 3.63) is 12.7 Å². The minimum absolute atomic E-state index is 0.00314. The van der Waals surface area contributed by atoms with E-state index >= 15 is 0 Å². The van der Waals surface area contributed by atoms with E-state index in [1.54, 1.807) is 11.0 Å². The van der Waals surface area contributed by atoms with Gasteiger partial charge in [0.05, 0.1) is 18.6 Å². The Balaban J connectivity index is 2.99. The van der Waals surface area contributed by atoms with Gasteiger partial charge in [0.1, 0.15) is 12.0 Å². The van der Waals surface area contributed by atoms with Crippen LogP contribution in [0.4, 0.5) is 0 Å². The summed E-state index contributed by atoms with van der Waals surface area (Å²) in [7, 11) is 0. The first-order chi connectivity index (χ1) is 8.70. The molecule has 1 saturated heterocycles. The quantitative estimate of drug-likeness (QED) is 0.580. The zero-order valence-corrected chi connectivity index (χ0v) is 12.6. The normalized spacial score (nSPS) is 25.2. The Morgan fingerprint density at radius 1 is 1.47 bits per heavy atom. The van der Waals surface area contributed by atoms with Crippen LogP contribution in [-0.2, 0) is 14.3 Å². The maximum Gasteiger partial charge on any atom is 0.235 e. The molecule has 4 heteroatoms. The molecule has 1 rings (SSSR count). The lowest BCUT2D eigenvalue weighted by atomic mass is 9.91. The Labute approximate surface area is 115 Å². The molecule has 3 atom stereocenters. The number of rotatable bonds is 4. The molecule has 0 spiro atoms. The van der Waals surface area contributed by atoms with Gasteiger partial charge in [-0.1, -0.05) is 26.8 Å². The molecule has 0 aromatic carbocycles. The summed E-state index contributed by atoms with van der Waals surface area (Å²) in [4.78, 5) is 26.0. The highest BCUT2D eigenvalue weighted by molar-refractivity contribution is 6.00. The van der Waals surface area contributed by atoms with Crippen molar-refractivity contribution in [2.75, 3.05) is 6.61 Å². The van der Waals surface area contributed by atoms with E-state index in [1.807, 2.05) is 27.7 Å². The fraction of sp³-hybridized carbons (Fsp3) is 0.733. The third-order valence-corrected chi connectivity index (χ3v) is 3.41. The van der Waals surface area contributed by atoms with E-state index in [0.717, 1.165) is 0 Å². The van der Waals surface area contributed by atoms with Gasteiger partial charge in [0.25, 0.3) is 0 Å². The number of ketones is 1. The highest BCUT2D eigenvalue weighted by atomic mass is 16.5. The third kappa shape index (κ3) is 3.44. The van der Waals surface area contributed by atoms with Crippen LogP contribution in [0, 0.1) is 11.3 Å². The standard InChI is InChI=1S/C15H25NO3/c1-7-8-12(11(3)17)13(18)16-10(2)9-19-14(16)15(4,5)6/h7,10,12,14H,1,8-9H2,2-6H3/t10-,12?,14-/m0/s1. The van der Waals surface area contributed by atoms with Crippen molar-refractivity contribution in [2.24, 2.45) is 11.3 Å². The minimum atomic E-state index is -0.633. The number of Topliss-reactive ketones (excluding diaryl/α,β-unsaturated/α-hetero) is 1. The summed E-state index contributed by atoms with van der Waals surface area (Å²) in [5, 5.41) is 0. The molecule has 108 valence electrons. The number of hydrogen-bond donors (Lipinski definition) is 0. The molecule has 1 amide bonds. The number of ether oxygens (including phenoxy) is 1. The van der Waals surface area contributed by atoms with Crippen LogP contribution >= 0.6 is 0 Å². The van der Waals surface area contributed by atoms with E-state index in [0.29, 0.717) is 13.0 Å². The monoisotopic (exact) mass is 267 g/mol. The molecule has 1 heterocycles. The maximum absolute atomic E-state index is 12.6. The maximum atomic E-state index is 12.6. The number of carbonyl (C=O) groups is 2. The van der Waals surface area contributed by atoms with Crippen molar-refractivity contribution in [1.29, 1.82) is 0 Å². The van der Waals surface area contributed by atoms with Crippen LogP contribution in [-0.4, -0.2) is 35.5 Å². The molecule has 0 N–H and O–H groups in total. The van der Waals surface area contributed by atoms with E-state index in [1.165, 1.54) is 6.92 Å². The molecule has 1 aliphatic heterocycles. The van der Waals surface area contributed by atoms with Crippen molar-refractivity contribution in [3.8, 4) is 0 Å². The van der Waals surface area contributed by atoms with Gasteiger partial charge < -0.3 is 9.64 Å². The Hall–Kier alpha value is -1.16. The molecule has 19 heavy (non-hydrogen) atoms. The molecule has 0 radical (unpaired) electrons. The summed E-state index contributed by atoms with van der Waals surface area (Å²) in [6.45, 7) is 13.7. The molecule has 1 fully saturated rings. The van der Waals surface area contributed by atoms with Gasteiger partial charge >= 0.3 is 0 Å². The summed E-state index contributed by atoms with van der Waals surface area (Å²) >= 11 is 0. The average molecular weight is 267 g/mol. The summed E-state index contributed by atoms with van der Waals surface area (Å²) in [6.07, 6.45) is 1.73. The fourth-order valence-corrected chi connectivity index (χ4v) is 2.41. The molecule has 4 nitrogen and oxygen atoms in total. The molecule has 0 bridgehead atoms. The van der Waals surface area contributed by atoms with Crippen LogP contribution in [0.25, 0.3) is 0 Å². The van der Waals surface area contributed by atoms with Crippen LogP contribution in [0.1, 0.15) is 41.0 Å². The first-order valence-corrected chi connectivity index (χ1v) is 6.75. The van der Waals surface area contributed by atoms with Gasteiger partial charge in [-0.2, -0.15) is 0 Å². The van der Waals surface area contributed by atoms with E-state index in [2.05, 4.69) is 6.58 Å². The Kier molecular flexibility index (Phi) is 4.91. The topological polar surface area (TPSA) is 46.6 Å². The number of allylic oxidation sites excluding steroid dienone is 1. The summed E-state index contributed by atoms with van der Waals surface area (Å²) in [5.41, 5.74) is -0.171. The smallest absolute Gasteiger partial charge is 0.235 e. The molecule has 0 saturated carbocycles. The highest BCUT2D eigenvalue weighted by Crippen LogP contribution is 2.33. The summed E-state index contributed by atoms with van der Waals surface area (Å²) in [5.74, 6) is -0.888. The minimum Gasteiger partial charge on any atom is -0.356 e. The van der Waals surface area contributed by atoms with Crippen LogP contribution in [0.3, 0.4) is 0 Å². The first kappa shape index (κ1) is 15.9. The van der Waals surface area contributed by atoms with Gasteiger partial charge in [-0.3, -0.25) is 9.59 Å². The van der Waals surface area contributed by atoms with Crippen molar-refractivity contribution < 1.29 is 14.3 Å². The zero-order valence-electron chi connectivity index (χ0n) is 12.6. The summed E-state index contributed by atoms with van der Waals surface area (Å²) in [6, 6.07) is 0.00314. The predicted octanol–water partition coefficient (Wildman–Crippen LogP) is 2.39. The van der Waals surface area contributed by atoms with Gasteiger partial charge in [-0.05, 0) is 20.3 Å². The van der Waals surface area contributed by atoms with Crippen molar-refractivity contribution in [2.45, 2.75) is 53.3 Å². The molecule has 0 aromatic heterocycles. The van der Waals surface area contributed by atoms with E-state index in [4.69, 9.17) is 4.74 Å². The number of carbonyl (C=O) groups excluding carboxylic acids is 2. The third-order valence-electron chi connectivity index (χ3n) is 3.41. The lowest BCUT2D eigenvalue weighted by Gasteiger charge is -2.36. The van der Waals surface area contributed by atoms with Gasteiger partial charge in [-0.25, -0.2) is 0 Å². The molecule has 0 aliphatic carbocycles. The molecular weight excluding hydrogens is 242 g/mol. The Bertz CT molecular complexity index is 370. The lowest BCUT2D eigenvalue weighted by molar-refractivity contribution is -0.150. The van der Waals surface area contributed by atoms with E-state index in [-0.39, 0.29) is 29.4 Å². The zero-order chi connectivity index (χ0) is 14.8. The van der Waals surface area contributed by atoms with Crippen molar-refractivity contribution in [3.63, 3.8) is 0 Å². The molecule has 0 aromatic rings. The van der Waals surface area contributed by atoms with Crippen LogP contribution in [0.2, 0.25) is 0 Å². The molecule has 1 unspecified atom stereocenters. The van der Waals surface area contributed by atoms with Crippen LogP contribution in [0.5, 0.6) is 0 Å². The second-order valence-electron chi connectivity index (χ2n) is 6.33. The number of amides is 1. The van der Waals surface area contributed by atoms with Gasteiger partial charge in [0, 0.05) is 5.41 Å². The SMILES string of the molecule is C=CCC(C(C)=O)C(=O)N1[C@H](C(C)(C)C)OC[C@@H]1C. The van der Waals surface area contributed by atoms with Crippen LogP contribution < -0.4 is 0 Å². The fourth-order valence-electron chi connectivity index (χ4n) is 2.41. The highest BCUT2D eigenvalue weighted by Gasteiger charge is 2.44.